The van der Waals surface area contributed by atoms with Crippen LogP contribution in [0.3, 0.4) is 0 Å². The monoisotopic (exact) mass is 432 g/mol. The van der Waals surface area contributed by atoms with E-state index >= 15 is 0 Å². The maximum absolute atomic E-state index is 13.5. The van der Waals surface area contributed by atoms with Gasteiger partial charge in [-0.1, -0.05) is 78.0 Å². The predicted octanol–water partition coefficient (Wildman–Crippen LogP) is 5.33. The first-order valence-electron chi connectivity index (χ1n) is 10.0. The van der Waals surface area contributed by atoms with Crippen LogP contribution in [0.4, 0.5) is 0 Å². The topological polar surface area (TPSA) is 72.2 Å². The molecule has 0 saturated carbocycles. The van der Waals surface area contributed by atoms with Gasteiger partial charge >= 0.3 is 0 Å². The second-order valence-corrected chi connectivity index (χ2v) is 9.26. The van der Waals surface area contributed by atoms with Crippen LogP contribution >= 0.6 is 0 Å². The van der Waals surface area contributed by atoms with Gasteiger partial charge in [0.05, 0.1) is 16.6 Å². The van der Waals surface area contributed by atoms with Crippen molar-refractivity contribution in [3.63, 3.8) is 0 Å². The fourth-order valence-electron chi connectivity index (χ4n) is 3.55. The first kappa shape index (κ1) is 21.0. The predicted molar refractivity (Wildman–Crippen MR) is 121 cm³/mol. The number of aryl methyl sites for hydroxylation is 2. The van der Waals surface area contributed by atoms with Crippen molar-refractivity contribution in [1.82, 2.24) is 9.88 Å². The Hall–Kier alpha value is -3.22. The Labute approximate surface area is 182 Å². The number of nitrogens with zero attached hydrogens (tertiary/aromatic N) is 1. The molecule has 1 aromatic heterocycles. The molecule has 3 aromatic carbocycles. The number of benzene rings is 3. The van der Waals surface area contributed by atoms with Gasteiger partial charge in [-0.3, -0.25) is 0 Å². The van der Waals surface area contributed by atoms with E-state index in [1.165, 1.54) is 0 Å². The summed E-state index contributed by atoms with van der Waals surface area (Å²) in [7, 11) is -3.84. The number of hydrogen-bond acceptors (Lipinski definition) is 4. The van der Waals surface area contributed by atoms with E-state index in [1.54, 1.807) is 19.1 Å². The van der Waals surface area contributed by atoms with E-state index in [2.05, 4.69) is 9.88 Å². The molecule has 0 atom stereocenters. The van der Waals surface area contributed by atoms with Crippen LogP contribution in [-0.2, 0) is 10.0 Å². The Bertz CT molecular complexity index is 1260. The van der Waals surface area contributed by atoms with Gasteiger partial charge in [0.2, 0.25) is 10.0 Å². The molecule has 4 rings (SSSR count). The lowest BCUT2D eigenvalue weighted by molar-refractivity contribution is 0.426. The lowest BCUT2D eigenvalue weighted by Gasteiger charge is -2.21. The first-order valence-corrected chi connectivity index (χ1v) is 11.5. The number of sulfonamides is 1. The Morgan fingerprint density at radius 2 is 1.42 bits per heavy atom. The summed E-state index contributed by atoms with van der Waals surface area (Å²) in [6, 6.07) is 23.9. The second kappa shape index (κ2) is 8.49. The van der Waals surface area contributed by atoms with E-state index < -0.39 is 16.1 Å². The molecular formula is C25H24N2O3S. The van der Waals surface area contributed by atoms with Crippen molar-refractivity contribution >= 4 is 10.0 Å². The van der Waals surface area contributed by atoms with Crippen LogP contribution in [0.15, 0.2) is 88.3 Å². The minimum absolute atomic E-state index is 0.218. The van der Waals surface area contributed by atoms with Gasteiger partial charge in [-0.15, -0.1) is 0 Å². The summed E-state index contributed by atoms with van der Waals surface area (Å²) in [6.45, 7) is 5.56. The Morgan fingerprint density at radius 1 is 0.839 bits per heavy atom. The second-order valence-electron chi connectivity index (χ2n) is 7.58. The molecule has 0 unspecified atom stereocenters. The van der Waals surface area contributed by atoms with Crippen molar-refractivity contribution in [3.05, 3.63) is 107 Å². The smallest absolute Gasteiger partial charge is 0.241 e. The lowest BCUT2D eigenvalue weighted by atomic mass is 10.00. The molecule has 1 heterocycles. The van der Waals surface area contributed by atoms with Crippen molar-refractivity contribution < 1.29 is 12.9 Å². The van der Waals surface area contributed by atoms with Crippen LogP contribution in [0.2, 0.25) is 0 Å². The van der Waals surface area contributed by atoms with Gasteiger partial charge in [0.15, 0.2) is 5.76 Å². The number of rotatable bonds is 6. The van der Waals surface area contributed by atoms with E-state index in [4.69, 9.17) is 4.52 Å². The van der Waals surface area contributed by atoms with Gasteiger partial charge in [-0.05, 0) is 43.5 Å². The normalized spacial score (nSPS) is 11.7. The molecule has 0 bridgehead atoms. The first-order chi connectivity index (χ1) is 14.9. The Morgan fingerprint density at radius 3 is 1.94 bits per heavy atom. The molecule has 31 heavy (non-hydrogen) atoms. The summed E-state index contributed by atoms with van der Waals surface area (Å²) in [5.41, 5.74) is 4.75. The third-order valence-corrected chi connectivity index (χ3v) is 7.00. The Balaban J connectivity index is 1.77. The molecule has 1 N–H and O–H groups in total. The van der Waals surface area contributed by atoms with Crippen LogP contribution in [0, 0.1) is 20.8 Å². The molecule has 0 radical (unpaired) electrons. The van der Waals surface area contributed by atoms with Crippen LogP contribution < -0.4 is 4.72 Å². The van der Waals surface area contributed by atoms with E-state index in [-0.39, 0.29) is 4.90 Å². The van der Waals surface area contributed by atoms with E-state index in [9.17, 15) is 8.42 Å². The maximum atomic E-state index is 13.5. The van der Waals surface area contributed by atoms with Crippen LogP contribution in [-0.4, -0.2) is 13.6 Å². The van der Waals surface area contributed by atoms with Crippen molar-refractivity contribution in [2.24, 2.45) is 0 Å². The minimum atomic E-state index is -3.84. The molecule has 0 saturated heterocycles. The van der Waals surface area contributed by atoms with Gasteiger partial charge in [0.25, 0.3) is 0 Å². The van der Waals surface area contributed by atoms with Gasteiger partial charge in [0.1, 0.15) is 0 Å². The lowest BCUT2D eigenvalue weighted by Crippen LogP contribution is -2.30. The molecule has 0 aliphatic carbocycles. The molecule has 0 amide bonds. The van der Waals surface area contributed by atoms with Crippen molar-refractivity contribution in [1.29, 1.82) is 0 Å². The van der Waals surface area contributed by atoms with Gasteiger partial charge in [0, 0.05) is 11.1 Å². The van der Waals surface area contributed by atoms with Crippen LogP contribution in [0.25, 0.3) is 11.3 Å². The van der Waals surface area contributed by atoms with Crippen molar-refractivity contribution in [2.75, 3.05) is 0 Å². The zero-order valence-electron chi connectivity index (χ0n) is 17.7. The summed E-state index contributed by atoms with van der Waals surface area (Å²) in [6.07, 6.45) is 0. The molecule has 6 heteroatoms. The van der Waals surface area contributed by atoms with Gasteiger partial charge < -0.3 is 4.52 Å². The molecular weight excluding hydrogens is 408 g/mol. The van der Waals surface area contributed by atoms with Gasteiger partial charge in [-0.25, -0.2) is 8.42 Å². The highest BCUT2D eigenvalue weighted by Gasteiger charge is 2.25. The third-order valence-electron chi connectivity index (χ3n) is 5.44. The van der Waals surface area contributed by atoms with Crippen molar-refractivity contribution in [2.45, 2.75) is 31.7 Å². The quantitative estimate of drug-likeness (QED) is 0.447. The number of hydrogen-bond donors (Lipinski definition) is 1. The Kier molecular flexibility index (Phi) is 5.76. The van der Waals surface area contributed by atoms with Gasteiger partial charge in [-0.2, -0.15) is 4.72 Å². The summed E-state index contributed by atoms with van der Waals surface area (Å²) in [5, 5.41) is 3.99. The third kappa shape index (κ3) is 4.31. The highest BCUT2D eigenvalue weighted by Crippen LogP contribution is 2.30. The molecule has 0 fully saturated rings. The highest BCUT2D eigenvalue weighted by molar-refractivity contribution is 7.89. The summed E-state index contributed by atoms with van der Waals surface area (Å²) in [5.74, 6) is 0.580. The standard InChI is InChI=1S/C25H24N2O3S/c1-17-14-15-22(25-18(2)19(3)26-30-25)16-23(17)31(28,29)27-24(20-10-6-4-7-11-20)21-12-8-5-9-13-21/h4-16,24,27H,1-3H3. The fourth-order valence-corrected chi connectivity index (χ4v) is 5.04. The van der Waals surface area contributed by atoms with E-state index in [1.807, 2.05) is 80.6 Å². The molecule has 0 aliphatic heterocycles. The van der Waals surface area contributed by atoms with Crippen LogP contribution in [0.1, 0.15) is 34.0 Å². The SMILES string of the molecule is Cc1ccc(-c2onc(C)c2C)cc1S(=O)(=O)NC(c1ccccc1)c1ccccc1. The summed E-state index contributed by atoms with van der Waals surface area (Å²) >= 11 is 0. The summed E-state index contributed by atoms with van der Waals surface area (Å²) < 4.78 is 35.4. The maximum Gasteiger partial charge on any atom is 0.241 e. The molecule has 0 aliphatic rings. The largest absolute Gasteiger partial charge is 0.356 e. The zero-order chi connectivity index (χ0) is 22.0. The highest BCUT2D eigenvalue weighted by atomic mass is 32.2. The van der Waals surface area contributed by atoms with Crippen LogP contribution in [0.5, 0.6) is 0 Å². The molecule has 4 aromatic rings. The number of nitrogens with one attached hydrogen (secondary N) is 1. The molecule has 5 nitrogen and oxygen atoms in total. The molecule has 158 valence electrons. The average Bonchev–Trinajstić information content (AvgIpc) is 3.12. The number of aromatic nitrogens is 1. The van der Waals surface area contributed by atoms with E-state index in [0.717, 1.165) is 22.4 Å². The summed E-state index contributed by atoms with van der Waals surface area (Å²) in [4.78, 5) is 0.218. The van der Waals surface area contributed by atoms with Crippen molar-refractivity contribution in [3.8, 4) is 11.3 Å². The van der Waals surface area contributed by atoms with E-state index in [0.29, 0.717) is 16.9 Å². The fraction of sp³-hybridized carbons (Fsp3) is 0.160. The minimum Gasteiger partial charge on any atom is -0.356 e. The average molecular weight is 433 g/mol. The zero-order valence-corrected chi connectivity index (χ0v) is 18.5. The molecule has 0 spiro atoms.